The van der Waals surface area contributed by atoms with Crippen molar-refractivity contribution < 1.29 is 9.47 Å². The topological polar surface area (TPSA) is 18.5 Å². The Labute approximate surface area is 142 Å². The van der Waals surface area contributed by atoms with Crippen LogP contribution in [0.2, 0.25) is 0 Å². The van der Waals surface area contributed by atoms with Crippen LogP contribution >= 0.6 is 23.5 Å². The van der Waals surface area contributed by atoms with Gasteiger partial charge in [0.05, 0.1) is 13.2 Å². The van der Waals surface area contributed by atoms with E-state index in [-0.39, 0.29) is 0 Å². The molecule has 0 N–H and O–H groups in total. The number of benzene rings is 1. The maximum absolute atomic E-state index is 6.23. The van der Waals surface area contributed by atoms with Gasteiger partial charge < -0.3 is 9.47 Å². The molecule has 2 aliphatic rings. The summed E-state index contributed by atoms with van der Waals surface area (Å²) in [6.45, 7) is 6.13. The van der Waals surface area contributed by atoms with Gasteiger partial charge in [-0.3, -0.25) is 0 Å². The molecule has 0 saturated heterocycles. The summed E-state index contributed by atoms with van der Waals surface area (Å²) in [5.74, 6) is 6.74. The van der Waals surface area contributed by atoms with Crippen molar-refractivity contribution in [2.45, 2.75) is 62.5 Å². The summed E-state index contributed by atoms with van der Waals surface area (Å²) in [7, 11) is 0. The Balaban J connectivity index is 1.92. The Morgan fingerprint density at radius 3 is 1.36 bits per heavy atom. The largest absolute Gasteiger partial charge is 0.493 e. The third-order valence-electron chi connectivity index (χ3n) is 4.30. The Morgan fingerprint density at radius 1 is 0.682 bits per heavy atom. The predicted octanol–water partition coefficient (Wildman–Crippen LogP) is 5.54. The molecule has 0 unspecified atom stereocenters. The molecule has 0 atom stereocenters. The summed E-state index contributed by atoms with van der Waals surface area (Å²) >= 11 is 3.99. The van der Waals surface area contributed by atoms with Gasteiger partial charge in [0.25, 0.3) is 0 Å². The predicted molar refractivity (Wildman–Crippen MR) is 97.2 cm³/mol. The zero-order chi connectivity index (χ0) is 15.4. The van der Waals surface area contributed by atoms with E-state index in [1.54, 1.807) is 0 Å². The van der Waals surface area contributed by atoms with Crippen molar-refractivity contribution in [2.24, 2.45) is 0 Å². The van der Waals surface area contributed by atoms with E-state index in [1.165, 1.54) is 46.6 Å². The van der Waals surface area contributed by atoms with Crippen LogP contribution in [0.4, 0.5) is 0 Å². The van der Waals surface area contributed by atoms with Crippen LogP contribution < -0.4 is 9.47 Å². The highest BCUT2D eigenvalue weighted by atomic mass is 32.2. The van der Waals surface area contributed by atoms with Crippen LogP contribution in [0.15, 0.2) is 0 Å². The highest BCUT2D eigenvalue weighted by molar-refractivity contribution is 7.98. The molecule has 1 aromatic carbocycles. The van der Waals surface area contributed by atoms with Gasteiger partial charge in [-0.15, -0.1) is 0 Å². The van der Waals surface area contributed by atoms with Crippen LogP contribution in [0.3, 0.4) is 0 Å². The van der Waals surface area contributed by atoms with E-state index >= 15 is 0 Å². The first-order valence-electron chi connectivity index (χ1n) is 8.47. The summed E-state index contributed by atoms with van der Waals surface area (Å²) in [5, 5.41) is 0. The highest BCUT2D eigenvalue weighted by Crippen LogP contribution is 2.51. The van der Waals surface area contributed by atoms with Gasteiger partial charge in [-0.25, -0.2) is 0 Å². The summed E-state index contributed by atoms with van der Waals surface area (Å²) in [6, 6.07) is 0. The molecule has 0 bridgehead atoms. The van der Waals surface area contributed by atoms with Crippen LogP contribution in [0, 0.1) is 0 Å². The monoisotopic (exact) mass is 338 g/mol. The van der Waals surface area contributed by atoms with Gasteiger partial charge in [-0.2, -0.15) is 23.5 Å². The number of fused-ring (bicyclic) bond motifs is 2. The Kier molecular flexibility index (Phi) is 5.86. The summed E-state index contributed by atoms with van der Waals surface area (Å²) in [6.07, 6.45) is 4.65. The van der Waals surface area contributed by atoms with Crippen molar-refractivity contribution in [1.82, 2.24) is 0 Å². The average Bonchev–Trinajstić information content (AvgIpc) is 3.18. The van der Waals surface area contributed by atoms with Gasteiger partial charge in [0.2, 0.25) is 0 Å². The molecule has 22 heavy (non-hydrogen) atoms. The molecule has 0 fully saturated rings. The van der Waals surface area contributed by atoms with Crippen LogP contribution in [0.1, 0.15) is 61.8 Å². The molecule has 3 rings (SSSR count). The molecule has 2 aliphatic heterocycles. The van der Waals surface area contributed by atoms with Crippen LogP contribution in [0.25, 0.3) is 0 Å². The second kappa shape index (κ2) is 7.87. The lowest BCUT2D eigenvalue weighted by Gasteiger charge is -2.20. The smallest absolute Gasteiger partial charge is 0.128 e. The molecule has 0 saturated carbocycles. The molecule has 0 radical (unpaired) electrons. The number of thioether (sulfide) groups is 2. The van der Waals surface area contributed by atoms with Crippen molar-refractivity contribution in [3.8, 4) is 11.5 Å². The first-order chi connectivity index (χ1) is 10.9. The number of rotatable bonds is 8. The van der Waals surface area contributed by atoms with Gasteiger partial charge >= 0.3 is 0 Å². The van der Waals surface area contributed by atoms with E-state index < -0.39 is 0 Å². The minimum absolute atomic E-state index is 0.848. The molecule has 0 aliphatic carbocycles. The molecule has 1 aromatic rings. The summed E-state index contributed by atoms with van der Waals surface area (Å²) in [5.41, 5.74) is 5.70. The van der Waals surface area contributed by atoms with E-state index in [0.29, 0.717) is 0 Å². The lowest BCUT2D eigenvalue weighted by molar-refractivity contribution is 0.294. The Bertz CT molecular complexity index is 448. The van der Waals surface area contributed by atoms with E-state index in [4.69, 9.17) is 9.47 Å². The minimum atomic E-state index is 0.848. The van der Waals surface area contributed by atoms with Gasteiger partial charge in [0.15, 0.2) is 0 Å². The fourth-order valence-corrected chi connectivity index (χ4v) is 5.26. The van der Waals surface area contributed by atoms with Gasteiger partial charge in [0.1, 0.15) is 11.5 Å². The van der Waals surface area contributed by atoms with E-state index in [0.717, 1.165) is 49.1 Å². The van der Waals surface area contributed by atoms with Crippen molar-refractivity contribution in [3.63, 3.8) is 0 Å². The van der Waals surface area contributed by atoms with E-state index in [2.05, 4.69) is 13.8 Å². The molecule has 122 valence electrons. The number of unbranched alkanes of at least 4 members (excludes halogenated alkanes) is 2. The van der Waals surface area contributed by atoms with Crippen molar-refractivity contribution >= 4 is 23.5 Å². The standard InChI is InChI=1S/C18H26O2S2/c1-3-5-7-19-17-13-9-21-11-15(13)18(20-8-6-4-2)16-12-22-10-14(16)17/h3-12H2,1-2H3. The molecule has 0 amide bonds. The van der Waals surface area contributed by atoms with Gasteiger partial charge in [0, 0.05) is 45.3 Å². The van der Waals surface area contributed by atoms with Gasteiger partial charge in [-0.1, -0.05) is 26.7 Å². The quantitative estimate of drug-likeness (QED) is 0.579. The fourth-order valence-electron chi connectivity index (χ4n) is 3.02. The molecule has 0 spiro atoms. The molecular weight excluding hydrogens is 312 g/mol. The first kappa shape index (κ1) is 16.4. The highest BCUT2D eigenvalue weighted by Gasteiger charge is 2.31. The molecular formula is C18H26O2S2. The zero-order valence-electron chi connectivity index (χ0n) is 13.7. The fraction of sp³-hybridized carbons (Fsp3) is 0.667. The molecule has 2 heterocycles. The van der Waals surface area contributed by atoms with Crippen LogP contribution in [-0.2, 0) is 23.0 Å². The average molecular weight is 339 g/mol. The molecule has 0 aromatic heterocycles. The van der Waals surface area contributed by atoms with Crippen molar-refractivity contribution in [3.05, 3.63) is 22.3 Å². The van der Waals surface area contributed by atoms with Crippen LogP contribution in [-0.4, -0.2) is 13.2 Å². The third-order valence-corrected chi connectivity index (χ3v) is 6.27. The lowest BCUT2D eigenvalue weighted by atomic mass is 9.98. The summed E-state index contributed by atoms with van der Waals surface area (Å²) < 4.78 is 12.5. The maximum Gasteiger partial charge on any atom is 0.128 e. The van der Waals surface area contributed by atoms with Gasteiger partial charge in [-0.05, 0) is 12.8 Å². The maximum atomic E-state index is 6.23. The number of ether oxygens (including phenoxy) is 2. The van der Waals surface area contributed by atoms with Crippen molar-refractivity contribution in [1.29, 1.82) is 0 Å². The molecule has 4 heteroatoms. The lowest BCUT2D eigenvalue weighted by Crippen LogP contribution is -2.08. The Morgan fingerprint density at radius 2 is 1.05 bits per heavy atom. The van der Waals surface area contributed by atoms with E-state index in [9.17, 15) is 0 Å². The third kappa shape index (κ3) is 3.23. The normalized spacial score (nSPS) is 15.7. The second-order valence-electron chi connectivity index (χ2n) is 5.96. The number of hydrogen-bond donors (Lipinski definition) is 0. The zero-order valence-corrected chi connectivity index (χ0v) is 15.3. The second-order valence-corrected chi connectivity index (χ2v) is 7.93. The van der Waals surface area contributed by atoms with Crippen molar-refractivity contribution in [2.75, 3.05) is 13.2 Å². The minimum Gasteiger partial charge on any atom is -0.493 e. The SMILES string of the molecule is CCCCOc1c2c(c(OCCCC)c3c1CSC3)CSC2. The number of hydrogen-bond acceptors (Lipinski definition) is 4. The Hall–Kier alpha value is -0.480. The first-order valence-corrected chi connectivity index (χ1v) is 10.8. The van der Waals surface area contributed by atoms with E-state index in [1.807, 2.05) is 23.5 Å². The molecule has 2 nitrogen and oxygen atoms in total. The summed E-state index contributed by atoms with van der Waals surface area (Å²) in [4.78, 5) is 0. The van der Waals surface area contributed by atoms with Crippen LogP contribution in [0.5, 0.6) is 11.5 Å².